The SMILES string of the molecule is Cc1cccnc1CC(=O)Nc1ccc(O)cc1C(=O)O. The second kappa shape index (κ2) is 6.04. The Morgan fingerprint density at radius 1 is 1.29 bits per heavy atom. The minimum Gasteiger partial charge on any atom is -0.508 e. The zero-order valence-corrected chi connectivity index (χ0v) is 11.3. The van der Waals surface area contributed by atoms with Crippen molar-refractivity contribution in [1.29, 1.82) is 0 Å². The zero-order chi connectivity index (χ0) is 15.4. The molecule has 0 spiro atoms. The lowest BCUT2D eigenvalue weighted by atomic mass is 10.1. The van der Waals surface area contributed by atoms with Crippen LogP contribution >= 0.6 is 0 Å². The number of carbonyl (C=O) groups excluding carboxylic acids is 1. The quantitative estimate of drug-likeness (QED) is 0.746. The van der Waals surface area contributed by atoms with Gasteiger partial charge in [-0.1, -0.05) is 6.07 Å². The summed E-state index contributed by atoms with van der Waals surface area (Å²) in [6.45, 7) is 1.85. The highest BCUT2D eigenvalue weighted by Gasteiger charge is 2.14. The summed E-state index contributed by atoms with van der Waals surface area (Å²) in [5, 5.41) is 20.9. The number of pyridine rings is 1. The molecule has 0 radical (unpaired) electrons. The van der Waals surface area contributed by atoms with E-state index in [1.807, 2.05) is 13.0 Å². The van der Waals surface area contributed by atoms with Crippen LogP contribution in [0.15, 0.2) is 36.5 Å². The summed E-state index contributed by atoms with van der Waals surface area (Å²) in [5.41, 5.74) is 1.49. The minimum absolute atomic E-state index is 0.0482. The average molecular weight is 286 g/mol. The first-order valence-corrected chi connectivity index (χ1v) is 6.24. The topological polar surface area (TPSA) is 99.5 Å². The van der Waals surface area contributed by atoms with Crippen LogP contribution < -0.4 is 5.32 Å². The van der Waals surface area contributed by atoms with Gasteiger partial charge in [0.15, 0.2) is 0 Å². The molecule has 0 aliphatic rings. The van der Waals surface area contributed by atoms with E-state index >= 15 is 0 Å². The minimum atomic E-state index is -1.23. The molecule has 0 saturated heterocycles. The molecule has 0 bridgehead atoms. The normalized spacial score (nSPS) is 10.1. The number of rotatable bonds is 4. The van der Waals surface area contributed by atoms with E-state index in [9.17, 15) is 14.7 Å². The van der Waals surface area contributed by atoms with Crippen LogP contribution in [0.3, 0.4) is 0 Å². The van der Waals surface area contributed by atoms with Gasteiger partial charge in [0.05, 0.1) is 23.4 Å². The highest BCUT2D eigenvalue weighted by Crippen LogP contribution is 2.21. The van der Waals surface area contributed by atoms with Crippen LogP contribution in [0.5, 0.6) is 5.75 Å². The largest absolute Gasteiger partial charge is 0.508 e. The molecule has 2 aromatic rings. The van der Waals surface area contributed by atoms with Crippen LogP contribution in [0.4, 0.5) is 5.69 Å². The van der Waals surface area contributed by atoms with Crippen molar-refractivity contribution in [2.75, 3.05) is 5.32 Å². The van der Waals surface area contributed by atoms with Crippen molar-refractivity contribution in [2.45, 2.75) is 13.3 Å². The molecule has 1 heterocycles. The van der Waals surface area contributed by atoms with Gasteiger partial charge < -0.3 is 15.5 Å². The predicted molar refractivity (Wildman–Crippen MR) is 76.4 cm³/mol. The van der Waals surface area contributed by atoms with E-state index in [-0.39, 0.29) is 29.3 Å². The first-order chi connectivity index (χ1) is 9.97. The Morgan fingerprint density at radius 3 is 2.71 bits per heavy atom. The number of carboxylic acid groups (broad SMARTS) is 1. The summed E-state index contributed by atoms with van der Waals surface area (Å²) in [7, 11) is 0. The smallest absolute Gasteiger partial charge is 0.337 e. The van der Waals surface area contributed by atoms with Gasteiger partial charge in [0.1, 0.15) is 5.75 Å². The Morgan fingerprint density at radius 2 is 2.05 bits per heavy atom. The molecule has 2 rings (SSSR count). The van der Waals surface area contributed by atoms with Crippen LogP contribution in [-0.4, -0.2) is 27.1 Å². The Labute approximate surface area is 121 Å². The third kappa shape index (κ3) is 3.56. The number of nitrogens with one attached hydrogen (secondary N) is 1. The molecule has 0 fully saturated rings. The van der Waals surface area contributed by atoms with Gasteiger partial charge in [-0.3, -0.25) is 9.78 Å². The molecule has 1 aromatic heterocycles. The van der Waals surface area contributed by atoms with Crippen molar-refractivity contribution in [2.24, 2.45) is 0 Å². The fraction of sp³-hybridized carbons (Fsp3) is 0.133. The van der Waals surface area contributed by atoms with E-state index in [0.717, 1.165) is 11.6 Å². The number of aromatic carboxylic acids is 1. The number of anilines is 1. The molecule has 0 unspecified atom stereocenters. The van der Waals surface area contributed by atoms with Gasteiger partial charge in [0, 0.05) is 6.20 Å². The lowest BCUT2D eigenvalue weighted by Gasteiger charge is -2.09. The number of aryl methyl sites for hydroxylation is 1. The summed E-state index contributed by atoms with van der Waals surface area (Å²) in [6.07, 6.45) is 1.64. The van der Waals surface area contributed by atoms with Crippen molar-refractivity contribution in [3.05, 3.63) is 53.3 Å². The summed E-state index contributed by atoms with van der Waals surface area (Å²) >= 11 is 0. The van der Waals surface area contributed by atoms with Crippen LogP contribution in [0.1, 0.15) is 21.6 Å². The molecule has 1 amide bonds. The average Bonchev–Trinajstić information content (AvgIpc) is 2.43. The number of nitrogens with zero attached hydrogens (tertiary/aromatic N) is 1. The lowest BCUT2D eigenvalue weighted by Crippen LogP contribution is -2.17. The molecule has 0 saturated carbocycles. The molecule has 0 aliphatic heterocycles. The number of carboxylic acids is 1. The molecule has 108 valence electrons. The van der Waals surface area contributed by atoms with E-state index in [2.05, 4.69) is 10.3 Å². The number of hydrogen-bond donors (Lipinski definition) is 3. The van der Waals surface area contributed by atoms with E-state index in [1.54, 1.807) is 12.3 Å². The molecule has 6 nitrogen and oxygen atoms in total. The maximum atomic E-state index is 12.0. The van der Waals surface area contributed by atoms with Crippen molar-refractivity contribution < 1.29 is 19.8 Å². The van der Waals surface area contributed by atoms with E-state index in [4.69, 9.17) is 5.11 Å². The second-order valence-corrected chi connectivity index (χ2v) is 4.53. The monoisotopic (exact) mass is 286 g/mol. The molecular weight excluding hydrogens is 272 g/mol. The van der Waals surface area contributed by atoms with Crippen LogP contribution in [-0.2, 0) is 11.2 Å². The number of aromatic nitrogens is 1. The predicted octanol–water partition coefficient (Wildman–Crippen LogP) is 1.98. The number of phenols is 1. The summed E-state index contributed by atoms with van der Waals surface area (Å²) in [6, 6.07) is 7.37. The molecule has 3 N–H and O–H groups in total. The Bertz CT molecular complexity index is 698. The highest BCUT2D eigenvalue weighted by atomic mass is 16.4. The van der Waals surface area contributed by atoms with E-state index in [0.29, 0.717) is 5.69 Å². The molecule has 21 heavy (non-hydrogen) atoms. The molecule has 1 aromatic carbocycles. The van der Waals surface area contributed by atoms with Crippen molar-refractivity contribution in [3.8, 4) is 5.75 Å². The van der Waals surface area contributed by atoms with Crippen LogP contribution in [0, 0.1) is 6.92 Å². The third-order valence-electron chi connectivity index (χ3n) is 2.95. The van der Waals surface area contributed by atoms with Gasteiger partial charge in [0.2, 0.25) is 5.91 Å². The van der Waals surface area contributed by atoms with Crippen LogP contribution in [0.2, 0.25) is 0 Å². The first kappa shape index (κ1) is 14.5. The summed E-state index contributed by atoms with van der Waals surface area (Å²) in [5.74, 6) is -1.77. The fourth-order valence-corrected chi connectivity index (χ4v) is 1.87. The van der Waals surface area contributed by atoms with E-state index < -0.39 is 5.97 Å². The summed E-state index contributed by atoms with van der Waals surface area (Å²) in [4.78, 5) is 27.2. The van der Waals surface area contributed by atoms with Gasteiger partial charge in [-0.2, -0.15) is 0 Å². The molecule has 0 aliphatic carbocycles. The number of benzene rings is 1. The Balaban J connectivity index is 2.17. The van der Waals surface area contributed by atoms with Crippen molar-refractivity contribution >= 4 is 17.6 Å². The Kier molecular flexibility index (Phi) is 4.18. The molecule has 6 heteroatoms. The Hall–Kier alpha value is -2.89. The molecular formula is C15H14N2O4. The lowest BCUT2D eigenvalue weighted by molar-refractivity contribution is -0.115. The number of aromatic hydroxyl groups is 1. The highest BCUT2D eigenvalue weighted by molar-refractivity contribution is 6.01. The third-order valence-corrected chi connectivity index (χ3v) is 2.95. The maximum absolute atomic E-state index is 12.0. The van der Waals surface area contributed by atoms with Crippen molar-refractivity contribution in [3.63, 3.8) is 0 Å². The second-order valence-electron chi connectivity index (χ2n) is 4.53. The van der Waals surface area contributed by atoms with E-state index in [1.165, 1.54) is 12.1 Å². The standard InChI is InChI=1S/C15H14N2O4/c1-9-3-2-6-16-13(9)8-14(19)17-12-5-4-10(18)7-11(12)15(20)21/h2-7,18H,8H2,1H3,(H,17,19)(H,20,21). The van der Waals surface area contributed by atoms with Crippen molar-refractivity contribution in [1.82, 2.24) is 4.98 Å². The van der Waals surface area contributed by atoms with Crippen LogP contribution in [0.25, 0.3) is 0 Å². The molecule has 0 atom stereocenters. The fourth-order valence-electron chi connectivity index (χ4n) is 1.87. The number of amides is 1. The number of phenolic OH excluding ortho intramolecular Hbond substituents is 1. The van der Waals surface area contributed by atoms with Gasteiger partial charge in [0.25, 0.3) is 0 Å². The zero-order valence-electron chi connectivity index (χ0n) is 11.3. The van der Waals surface area contributed by atoms with Gasteiger partial charge in [-0.15, -0.1) is 0 Å². The van der Waals surface area contributed by atoms with Gasteiger partial charge in [-0.25, -0.2) is 4.79 Å². The number of hydrogen-bond acceptors (Lipinski definition) is 4. The van der Waals surface area contributed by atoms with Gasteiger partial charge >= 0.3 is 5.97 Å². The summed E-state index contributed by atoms with van der Waals surface area (Å²) < 4.78 is 0. The number of carbonyl (C=O) groups is 2. The maximum Gasteiger partial charge on any atom is 0.337 e. The first-order valence-electron chi connectivity index (χ1n) is 6.24. The van der Waals surface area contributed by atoms with Gasteiger partial charge in [-0.05, 0) is 36.8 Å².